The molecule has 7 nitrogen and oxygen atoms in total. The lowest BCUT2D eigenvalue weighted by Crippen LogP contribution is -2.24. The van der Waals surface area contributed by atoms with Crippen LogP contribution >= 0.6 is 0 Å². The number of para-hydroxylation sites is 1. The fraction of sp³-hybridized carbons (Fsp3) is 0.417. The zero-order valence-electron chi connectivity index (χ0n) is 19.5. The van der Waals surface area contributed by atoms with Crippen LogP contribution in [-0.4, -0.2) is 33.4 Å². The molecule has 174 valence electrons. The standard InChI is InChI=1S/C24H32N2O5S/c1-7-25-32(29,30)18-12-11-17(6)21(13-18)24(28)31-14-22(27)26-23-19(15(2)3)9-8-10-20(23)16(4)5/h8-13,15-16,25H,7,14H2,1-6H3,(H,26,27). The molecule has 0 saturated heterocycles. The first-order chi connectivity index (χ1) is 15.0. The summed E-state index contributed by atoms with van der Waals surface area (Å²) < 4.78 is 32.1. The van der Waals surface area contributed by atoms with E-state index in [4.69, 9.17) is 4.74 Å². The summed E-state index contributed by atoms with van der Waals surface area (Å²) in [7, 11) is -3.72. The van der Waals surface area contributed by atoms with Crippen LogP contribution in [-0.2, 0) is 19.6 Å². The molecule has 0 aliphatic heterocycles. The molecule has 0 aliphatic carbocycles. The Balaban J connectivity index is 2.18. The molecule has 0 bridgehead atoms. The molecule has 2 rings (SSSR count). The largest absolute Gasteiger partial charge is 0.452 e. The number of carbonyl (C=O) groups is 2. The van der Waals surface area contributed by atoms with Crippen LogP contribution in [0.1, 0.15) is 73.5 Å². The maximum Gasteiger partial charge on any atom is 0.338 e. The smallest absolute Gasteiger partial charge is 0.338 e. The molecule has 0 saturated carbocycles. The molecule has 8 heteroatoms. The van der Waals surface area contributed by atoms with E-state index in [1.807, 2.05) is 45.9 Å². The van der Waals surface area contributed by atoms with Gasteiger partial charge in [0, 0.05) is 12.2 Å². The molecular formula is C24H32N2O5S. The van der Waals surface area contributed by atoms with Gasteiger partial charge in [-0.3, -0.25) is 4.79 Å². The molecule has 0 fully saturated rings. The van der Waals surface area contributed by atoms with E-state index in [9.17, 15) is 18.0 Å². The number of carbonyl (C=O) groups excluding carboxylic acids is 2. The highest BCUT2D eigenvalue weighted by atomic mass is 32.2. The fourth-order valence-corrected chi connectivity index (χ4v) is 4.41. The van der Waals surface area contributed by atoms with Crippen LogP contribution in [0, 0.1) is 6.92 Å². The van der Waals surface area contributed by atoms with Gasteiger partial charge in [0.05, 0.1) is 10.5 Å². The molecule has 0 unspecified atom stereocenters. The van der Waals surface area contributed by atoms with E-state index >= 15 is 0 Å². The van der Waals surface area contributed by atoms with Gasteiger partial charge in [-0.1, -0.05) is 58.9 Å². The summed E-state index contributed by atoms with van der Waals surface area (Å²) in [6.07, 6.45) is 0. The maximum absolute atomic E-state index is 12.6. The zero-order valence-corrected chi connectivity index (χ0v) is 20.3. The molecule has 0 aromatic heterocycles. The molecule has 0 heterocycles. The summed E-state index contributed by atoms with van der Waals surface area (Å²) in [6.45, 7) is 11.3. The summed E-state index contributed by atoms with van der Waals surface area (Å²) in [4.78, 5) is 25.2. The summed E-state index contributed by atoms with van der Waals surface area (Å²) in [5, 5.41) is 2.89. The topological polar surface area (TPSA) is 102 Å². The van der Waals surface area contributed by atoms with Gasteiger partial charge in [0.2, 0.25) is 10.0 Å². The number of anilines is 1. The average molecular weight is 461 g/mol. The van der Waals surface area contributed by atoms with E-state index in [1.165, 1.54) is 18.2 Å². The van der Waals surface area contributed by atoms with Crippen LogP contribution in [0.2, 0.25) is 0 Å². The van der Waals surface area contributed by atoms with Crippen molar-refractivity contribution in [2.24, 2.45) is 0 Å². The number of hydrogen-bond acceptors (Lipinski definition) is 5. The zero-order chi connectivity index (χ0) is 24.1. The summed E-state index contributed by atoms with van der Waals surface area (Å²) in [5.74, 6) is -0.805. The van der Waals surface area contributed by atoms with E-state index in [-0.39, 0.29) is 28.8 Å². The fourth-order valence-electron chi connectivity index (χ4n) is 3.34. The molecule has 32 heavy (non-hydrogen) atoms. The third-order valence-corrected chi connectivity index (χ3v) is 6.59. The first-order valence-corrected chi connectivity index (χ1v) is 12.2. The molecule has 1 amide bonds. The highest BCUT2D eigenvalue weighted by molar-refractivity contribution is 7.89. The van der Waals surface area contributed by atoms with Gasteiger partial charge >= 0.3 is 5.97 Å². The van der Waals surface area contributed by atoms with E-state index in [2.05, 4.69) is 10.0 Å². The number of amides is 1. The van der Waals surface area contributed by atoms with Crippen molar-refractivity contribution in [3.63, 3.8) is 0 Å². The van der Waals surface area contributed by atoms with Crippen molar-refractivity contribution in [2.75, 3.05) is 18.5 Å². The van der Waals surface area contributed by atoms with E-state index in [0.29, 0.717) is 5.56 Å². The number of rotatable bonds is 9. The number of benzene rings is 2. The second-order valence-electron chi connectivity index (χ2n) is 8.22. The predicted octanol–water partition coefficient (Wildman–Crippen LogP) is 4.34. The Kier molecular flexibility index (Phi) is 8.58. The lowest BCUT2D eigenvalue weighted by atomic mass is 9.92. The Morgan fingerprint density at radius 2 is 1.59 bits per heavy atom. The normalized spacial score (nSPS) is 11.6. The Morgan fingerprint density at radius 3 is 2.12 bits per heavy atom. The van der Waals surface area contributed by atoms with Crippen molar-refractivity contribution in [1.82, 2.24) is 4.72 Å². The van der Waals surface area contributed by atoms with Crippen LogP contribution in [0.3, 0.4) is 0 Å². The molecule has 0 radical (unpaired) electrons. The minimum atomic E-state index is -3.72. The highest BCUT2D eigenvalue weighted by Gasteiger charge is 2.20. The number of sulfonamides is 1. The van der Waals surface area contributed by atoms with E-state index in [0.717, 1.165) is 16.8 Å². The second-order valence-corrected chi connectivity index (χ2v) is 9.99. The summed E-state index contributed by atoms with van der Waals surface area (Å²) in [6, 6.07) is 10.1. The van der Waals surface area contributed by atoms with Gasteiger partial charge in [0.15, 0.2) is 6.61 Å². The summed E-state index contributed by atoms with van der Waals surface area (Å²) in [5.41, 5.74) is 3.41. The van der Waals surface area contributed by atoms with Crippen LogP contribution in [0.5, 0.6) is 0 Å². The first kappa shape index (κ1) is 25.5. The highest BCUT2D eigenvalue weighted by Crippen LogP contribution is 2.32. The van der Waals surface area contributed by atoms with Crippen molar-refractivity contribution < 1.29 is 22.7 Å². The Labute approximate surface area is 190 Å². The number of aryl methyl sites for hydroxylation is 1. The molecule has 0 aliphatic rings. The van der Waals surface area contributed by atoms with Crippen molar-refractivity contribution in [3.05, 3.63) is 58.7 Å². The molecule has 2 aromatic rings. The number of esters is 1. The van der Waals surface area contributed by atoms with E-state index in [1.54, 1.807) is 13.8 Å². The van der Waals surface area contributed by atoms with Crippen LogP contribution in [0.25, 0.3) is 0 Å². The third-order valence-electron chi connectivity index (χ3n) is 5.05. The lowest BCUT2D eigenvalue weighted by Gasteiger charge is -2.20. The van der Waals surface area contributed by atoms with Crippen molar-refractivity contribution in [2.45, 2.75) is 58.3 Å². The minimum absolute atomic E-state index is 0.0335. The molecular weight excluding hydrogens is 428 g/mol. The second kappa shape index (κ2) is 10.7. The van der Waals surface area contributed by atoms with Crippen LogP contribution in [0.4, 0.5) is 5.69 Å². The lowest BCUT2D eigenvalue weighted by molar-refractivity contribution is -0.119. The maximum atomic E-state index is 12.6. The Morgan fingerprint density at radius 1 is 1.00 bits per heavy atom. The number of ether oxygens (including phenoxy) is 1. The van der Waals surface area contributed by atoms with Gasteiger partial charge in [-0.15, -0.1) is 0 Å². The third kappa shape index (κ3) is 6.17. The average Bonchev–Trinajstić information content (AvgIpc) is 2.71. The first-order valence-electron chi connectivity index (χ1n) is 10.7. The monoisotopic (exact) mass is 460 g/mol. The molecule has 2 aromatic carbocycles. The van der Waals surface area contributed by atoms with Gasteiger partial charge in [0.25, 0.3) is 5.91 Å². The minimum Gasteiger partial charge on any atom is -0.452 e. The van der Waals surface area contributed by atoms with Crippen LogP contribution < -0.4 is 10.0 Å². The van der Waals surface area contributed by atoms with Gasteiger partial charge in [-0.05, 0) is 47.6 Å². The van der Waals surface area contributed by atoms with Gasteiger partial charge in [0.1, 0.15) is 0 Å². The summed E-state index contributed by atoms with van der Waals surface area (Å²) >= 11 is 0. The van der Waals surface area contributed by atoms with Gasteiger partial charge in [-0.2, -0.15) is 0 Å². The number of nitrogens with one attached hydrogen (secondary N) is 2. The van der Waals surface area contributed by atoms with Crippen molar-refractivity contribution >= 4 is 27.6 Å². The Bertz CT molecular complexity index is 1070. The van der Waals surface area contributed by atoms with Gasteiger partial charge < -0.3 is 10.1 Å². The molecule has 0 spiro atoms. The van der Waals surface area contributed by atoms with E-state index < -0.39 is 28.5 Å². The molecule has 2 N–H and O–H groups in total. The van der Waals surface area contributed by atoms with Crippen LogP contribution in [0.15, 0.2) is 41.3 Å². The van der Waals surface area contributed by atoms with Crippen molar-refractivity contribution in [1.29, 1.82) is 0 Å². The predicted molar refractivity (Wildman–Crippen MR) is 126 cm³/mol. The Hall–Kier alpha value is -2.71. The van der Waals surface area contributed by atoms with Crippen molar-refractivity contribution in [3.8, 4) is 0 Å². The number of hydrogen-bond donors (Lipinski definition) is 2. The quantitative estimate of drug-likeness (QED) is 0.542. The SMILES string of the molecule is CCNS(=O)(=O)c1ccc(C)c(C(=O)OCC(=O)Nc2c(C(C)C)cccc2C(C)C)c1. The van der Waals surface area contributed by atoms with Gasteiger partial charge in [-0.25, -0.2) is 17.9 Å². The molecule has 0 atom stereocenters.